The van der Waals surface area contributed by atoms with E-state index in [9.17, 15) is 0 Å². The van der Waals surface area contributed by atoms with Gasteiger partial charge in [-0.2, -0.15) is 0 Å². The van der Waals surface area contributed by atoms with Crippen LogP contribution < -0.4 is 4.74 Å². The third-order valence-electron chi connectivity index (χ3n) is 11.0. The van der Waals surface area contributed by atoms with E-state index in [-0.39, 0.29) is 0 Å². The molecule has 4 heteroatoms. The summed E-state index contributed by atoms with van der Waals surface area (Å²) in [5, 5.41) is 2.42. The third-order valence-corrected chi connectivity index (χ3v) is 11.0. The van der Waals surface area contributed by atoms with Gasteiger partial charge in [0.2, 0.25) is 0 Å². The fourth-order valence-corrected chi connectivity index (χ4v) is 8.65. The summed E-state index contributed by atoms with van der Waals surface area (Å²) in [5.41, 5.74) is 11.6. The molecule has 0 radical (unpaired) electrons. The van der Waals surface area contributed by atoms with Gasteiger partial charge in [0.25, 0.3) is 0 Å². The average molecular weight is 690 g/mol. The molecule has 9 aromatic rings. The van der Waals surface area contributed by atoms with Crippen LogP contribution in [0.3, 0.4) is 0 Å². The van der Waals surface area contributed by atoms with Crippen molar-refractivity contribution in [1.82, 2.24) is 15.0 Å². The zero-order valence-electron chi connectivity index (χ0n) is 29.1. The third kappa shape index (κ3) is 4.53. The first-order valence-corrected chi connectivity index (χ1v) is 18.3. The van der Waals surface area contributed by atoms with Crippen molar-refractivity contribution in [2.45, 2.75) is 5.41 Å². The molecule has 0 amide bonds. The van der Waals surface area contributed by atoms with Crippen molar-refractivity contribution in [2.75, 3.05) is 0 Å². The van der Waals surface area contributed by atoms with E-state index in [1.165, 1.54) is 38.6 Å². The van der Waals surface area contributed by atoms with Gasteiger partial charge in [0.15, 0.2) is 17.5 Å². The highest BCUT2D eigenvalue weighted by molar-refractivity contribution is 5.97. The van der Waals surface area contributed by atoms with E-state index in [0.29, 0.717) is 17.5 Å². The number of aromatic nitrogens is 3. The van der Waals surface area contributed by atoms with Crippen LogP contribution in [0.25, 0.3) is 67.2 Å². The molecule has 54 heavy (non-hydrogen) atoms. The fourth-order valence-electron chi connectivity index (χ4n) is 8.65. The van der Waals surface area contributed by atoms with Crippen molar-refractivity contribution in [3.8, 4) is 67.9 Å². The van der Waals surface area contributed by atoms with Gasteiger partial charge < -0.3 is 4.74 Å². The predicted molar refractivity (Wildman–Crippen MR) is 216 cm³/mol. The highest BCUT2D eigenvalue weighted by Gasteiger charge is 2.51. The number of benzene rings is 8. The lowest BCUT2D eigenvalue weighted by Crippen LogP contribution is -2.32. The van der Waals surface area contributed by atoms with E-state index in [4.69, 9.17) is 19.7 Å². The lowest BCUT2D eigenvalue weighted by Gasteiger charge is -2.39. The zero-order valence-corrected chi connectivity index (χ0v) is 29.1. The van der Waals surface area contributed by atoms with Gasteiger partial charge in [-0.3, -0.25) is 0 Å². The van der Waals surface area contributed by atoms with Crippen LogP contribution in [0.5, 0.6) is 11.5 Å². The topological polar surface area (TPSA) is 47.9 Å². The summed E-state index contributed by atoms with van der Waals surface area (Å²) >= 11 is 0. The number of hydrogen-bond donors (Lipinski definition) is 0. The smallest absolute Gasteiger partial charge is 0.164 e. The molecule has 252 valence electrons. The van der Waals surface area contributed by atoms with Gasteiger partial charge in [-0.05, 0) is 68.4 Å². The highest BCUT2D eigenvalue weighted by Crippen LogP contribution is 2.62. The SMILES string of the molecule is c1ccc(-c2nc(-c3cccc(-c4cccc5ccccc45)c3)nc(-c3ccc4c(c3)C3(c5ccccc5Oc5ccccc53)c3ccccc3-4)n2)cc1. The summed E-state index contributed by atoms with van der Waals surface area (Å²) in [6.45, 7) is 0. The van der Waals surface area contributed by atoms with Crippen molar-refractivity contribution < 1.29 is 4.74 Å². The average Bonchev–Trinajstić information content (AvgIpc) is 3.53. The number of para-hydroxylation sites is 2. The van der Waals surface area contributed by atoms with Crippen LogP contribution in [0.4, 0.5) is 0 Å². The van der Waals surface area contributed by atoms with Crippen LogP contribution in [0.15, 0.2) is 188 Å². The molecule has 0 bridgehead atoms. The molecule has 11 rings (SSSR count). The molecule has 2 heterocycles. The number of hydrogen-bond acceptors (Lipinski definition) is 4. The molecule has 0 N–H and O–H groups in total. The summed E-state index contributed by atoms with van der Waals surface area (Å²) in [6.07, 6.45) is 0. The second-order valence-corrected chi connectivity index (χ2v) is 13.9. The van der Waals surface area contributed by atoms with E-state index < -0.39 is 5.41 Å². The summed E-state index contributed by atoms with van der Waals surface area (Å²) in [4.78, 5) is 15.5. The first kappa shape index (κ1) is 30.5. The molecule has 8 aromatic carbocycles. The first-order valence-electron chi connectivity index (χ1n) is 18.3. The Morgan fingerprint density at radius 3 is 1.63 bits per heavy atom. The molecular formula is C50H31N3O. The molecule has 0 fully saturated rings. The fraction of sp³-hybridized carbons (Fsp3) is 0.0200. The van der Waals surface area contributed by atoms with Crippen LogP contribution in [0.2, 0.25) is 0 Å². The van der Waals surface area contributed by atoms with Gasteiger partial charge in [0.05, 0.1) is 5.41 Å². The lowest BCUT2D eigenvalue weighted by molar-refractivity contribution is 0.436. The van der Waals surface area contributed by atoms with Crippen molar-refractivity contribution in [3.05, 3.63) is 210 Å². The van der Waals surface area contributed by atoms with Gasteiger partial charge in [0, 0.05) is 27.8 Å². The van der Waals surface area contributed by atoms with E-state index in [2.05, 4.69) is 158 Å². The van der Waals surface area contributed by atoms with Crippen molar-refractivity contribution in [3.63, 3.8) is 0 Å². The van der Waals surface area contributed by atoms with E-state index in [1.807, 2.05) is 30.3 Å². The second kappa shape index (κ2) is 11.9. The Labute approximate surface area is 313 Å². The molecule has 1 aliphatic heterocycles. The predicted octanol–water partition coefficient (Wildman–Crippen LogP) is 12.2. The second-order valence-electron chi connectivity index (χ2n) is 13.9. The van der Waals surface area contributed by atoms with Crippen LogP contribution in [0, 0.1) is 0 Å². The molecule has 0 saturated carbocycles. The molecule has 2 aliphatic rings. The first-order chi connectivity index (χ1) is 26.8. The van der Waals surface area contributed by atoms with Crippen LogP contribution in [0.1, 0.15) is 22.3 Å². The van der Waals surface area contributed by atoms with E-state index in [0.717, 1.165) is 44.9 Å². The maximum absolute atomic E-state index is 6.57. The van der Waals surface area contributed by atoms with Crippen LogP contribution >= 0.6 is 0 Å². The Bertz CT molecular complexity index is 2880. The summed E-state index contributed by atoms with van der Waals surface area (Å²) in [7, 11) is 0. The Kier molecular flexibility index (Phi) is 6.73. The molecule has 0 saturated heterocycles. The van der Waals surface area contributed by atoms with Gasteiger partial charge in [0.1, 0.15) is 11.5 Å². The Balaban J connectivity index is 1.13. The lowest BCUT2D eigenvalue weighted by atomic mass is 9.66. The highest BCUT2D eigenvalue weighted by atomic mass is 16.5. The van der Waals surface area contributed by atoms with Crippen LogP contribution in [-0.2, 0) is 5.41 Å². The molecule has 1 aliphatic carbocycles. The minimum Gasteiger partial charge on any atom is -0.457 e. The quantitative estimate of drug-likeness (QED) is 0.185. The largest absolute Gasteiger partial charge is 0.457 e. The van der Waals surface area contributed by atoms with E-state index >= 15 is 0 Å². The van der Waals surface area contributed by atoms with Crippen LogP contribution in [-0.4, -0.2) is 15.0 Å². The van der Waals surface area contributed by atoms with Crippen molar-refractivity contribution in [2.24, 2.45) is 0 Å². The molecule has 1 spiro atoms. The molecule has 1 aromatic heterocycles. The normalized spacial score (nSPS) is 13.1. The van der Waals surface area contributed by atoms with Crippen molar-refractivity contribution in [1.29, 1.82) is 0 Å². The van der Waals surface area contributed by atoms with E-state index in [1.54, 1.807) is 0 Å². The maximum atomic E-state index is 6.57. The minimum atomic E-state index is -0.585. The number of nitrogens with zero attached hydrogens (tertiary/aromatic N) is 3. The van der Waals surface area contributed by atoms with Gasteiger partial charge in [-0.1, -0.05) is 164 Å². The molecule has 0 atom stereocenters. The van der Waals surface area contributed by atoms with Gasteiger partial charge in [-0.15, -0.1) is 0 Å². The zero-order chi connectivity index (χ0) is 35.6. The standard InChI is InChI=1S/C50H31N3O/c1-2-15-33(16-3-1)47-51-48(35-19-12-18-34(30-35)38-22-13-17-32-14-4-5-20-37(32)38)53-49(52-47)36-28-29-40-39-21-6-7-23-41(39)50(44(40)31-36)42-24-8-10-26-45(42)54-46-27-11-9-25-43(46)50/h1-31H. The Morgan fingerprint density at radius 2 is 0.852 bits per heavy atom. The maximum Gasteiger partial charge on any atom is 0.164 e. The number of ether oxygens (including phenoxy) is 1. The van der Waals surface area contributed by atoms with Gasteiger partial charge in [-0.25, -0.2) is 15.0 Å². The summed E-state index contributed by atoms with van der Waals surface area (Å²) in [6, 6.07) is 66.0. The number of fused-ring (bicyclic) bond motifs is 10. The molecule has 4 nitrogen and oxygen atoms in total. The monoisotopic (exact) mass is 689 g/mol. The van der Waals surface area contributed by atoms with Crippen molar-refractivity contribution >= 4 is 10.8 Å². The summed E-state index contributed by atoms with van der Waals surface area (Å²) in [5.74, 6) is 3.61. The number of rotatable bonds is 4. The Hall–Kier alpha value is -7.17. The Morgan fingerprint density at radius 1 is 0.333 bits per heavy atom. The summed E-state index contributed by atoms with van der Waals surface area (Å²) < 4.78 is 6.57. The minimum absolute atomic E-state index is 0.585. The van der Waals surface area contributed by atoms with Gasteiger partial charge >= 0.3 is 0 Å². The molecular weight excluding hydrogens is 659 g/mol. The molecule has 0 unspecified atom stereocenters.